The Bertz CT molecular complexity index is 875. The molecule has 0 heterocycles. The second-order valence-corrected chi connectivity index (χ2v) is 8.25. The average Bonchev–Trinajstić information content (AvgIpc) is 3.02. The number of carboxylic acid groups (broad SMARTS) is 1. The van der Waals surface area contributed by atoms with Gasteiger partial charge in [0.25, 0.3) is 0 Å². The van der Waals surface area contributed by atoms with Gasteiger partial charge in [-0.1, -0.05) is 60.2 Å². The van der Waals surface area contributed by atoms with E-state index in [9.17, 15) is 14.7 Å². The number of amides is 1. The van der Waals surface area contributed by atoms with Crippen LogP contribution in [0.4, 0.5) is 4.79 Å². The third-order valence-electron chi connectivity index (χ3n) is 4.83. The van der Waals surface area contributed by atoms with E-state index in [4.69, 9.17) is 4.74 Å². The fourth-order valence-corrected chi connectivity index (χ4v) is 4.42. The smallest absolute Gasteiger partial charge is 0.407 e. The van der Waals surface area contributed by atoms with E-state index in [0.29, 0.717) is 5.75 Å². The molecule has 1 aliphatic carbocycles. The van der Waals surface area contributed by atoms with Gasteiger partial charge in [-0.2, -0.15) is 11.8 Å². The highest BCUT2D eigenvalue weighted by Crippen LogP contribution is 2.44. The van der Waals surface area contributed by atoms with Gasteiger partial charge >= 0.3 is 12.1 Å². The molecule has 0 radical (unpaired) electrons. The molecular formula is C23H25NO4S. The molecule has 2 N–H and O–H groups in total. The number of carbonyl (C=O) groups is 2. The highest BCUT2D eigenvalue weighted by molar-refractivity contribution is 7.99. The van der Waals surface area contributed by atoms with Gasteiger partial charge in [0.15, 0.2) is 0 Å². The molecule has 2 aromatic carbocycles. The number of alkyl carbamates (subject to hydrolysis) is 1. The van der Waals surface area contributed by atoms with Crippen LogP contribution in [-0.4, -0.2) is 41.3 Å². The molecule has 5 nitrogen and oxygen atoms in total. The van der Waals surface area contributed by atoms with E-state index in [-0.39, 0.29) is 18.3 Å². The molecule has 1 atom stereocenters. The summed E-state index contributed by atoms with van der Waals surface area (Å²) in [7, 11) is 0. The highest BCUT2D eigenvalue weighted by Gasteiger charge is 2.29. The zero-order chi connectivity index (χ0) is 20.8. The zero-order valence-electron chi connectivity index (χ0n) is 16.6. The summed E-state index contributed by atoms with van der Waals surface area (Å²) in [6.07, 6.45) is 1.32. The van der Waals surface area contributed by atoms with Crippen LogP contribution in [0.2, 0.25) is 0 Å². The van der Waals surface area contributed by atoms with Gasteiger partial charge in [-0.25, -0.2) is 9.59 Å². The number of carboxylic acids is 1. The molecule has 29 heavy (non-hydrogen) atoms. The lowest BCUT2D eigenvalue weighted by Gasteiger charge is -2.17. The van der Waals surface area contributed by atoms with Crippen LogP contribution in [0.15, 0.2) is 60.2 Å². The van der Waals surface area contributed by atoms with Crippen molar-refractivity contribution < 1.29 is 19.4 Å². The van der Waals surface area contributed by atoms with E-state index in [1.165, 1.54) is 17.3 Å². The number of ether oxygens (including phenoxy) is 1. The van der Waals surface area contributed by atoms with Crippen molar-refractivity contribution in [2.24, 2.45) is 0 Å². The van der Waals surface area contributed by atoms with Crippen molar-refractivity contribution in [2.45, 2.75) is 25.8 Å². The fraction of sp³-hybridized carbons (Fsp3) is 0.304. The van der Waals surface area contributed by atoms with Crippen molar-refractivity contribution in [1.29, 1.82) is 0 Å². The minimum Gasteiger partial charge on any atom is -0.480 e. The number of allylic oxidation sites excluding steroid dienone is 1. The molecule has 1 aliphatic rings. The van der Waals surface area contributed by atoms with E-state index >= 15 is 0 Å². The van der Waals surface area contributed by atoms with Crippen molar-refractivity contribution in [3.8, 4) is 11.1 Å². The maximum atomic E-state index is 12.3. The average molecular weight is 412 g/mol. The second kappa shape index (κ2) is 9.65. The van der Waals surface area contributed by atoms with Gasteiger partial charge in [-0.05, 0) is 36.1 Å². The van der Waals surface area contributed by atoms with Crippen molar-refractivity contribution >= 4 is 23.8 Å². The SMILES string of the molecule is CC(C)=CCSCC(NC(=O)OCC1c2ccccc2-c2ccccc21)C(=O)O. The lowest BCUT2D eigenvalue weighted by atomic mass is 9.98. The second-order valence-electron chi connectivity index (χ2n) is 7.18. The number of benzene rings is 2. The zero-order valence-corrected chi connectivity index (χ0v) is 17.4. The third kappa shape index (κ3) is 5.21. The maximum Gasteiger partial charge on any atom is 0.407 e. The number of fused-ring (bicyclic) bond motifs is 3. The summed E-state index contributed by atoms with van der Waals surface area (Å²) in [5, 5.41) is 11.8. The lowest BCUT2D eigenvalue weighted by Crippen LogP contribution is -2.43. The molecule has 3 rings (SSSR count). The molecule has 0 bridgehead atoms. The first-order chi connectivity index (χ1) is 14.0. The van der Waals surface area contributed by atoms with E-state index in [2.05, 4.69) is 17.4 Å². The van der Waals surface area contributed by atoms with E-state index in [0.717, 1.165) is 22.3 Å². The first-order valence-corrected chi connectivity index (χ1v) is 10.7. The van der Waals surface area contributed by atoms with Crippen LogP contribution in [0.5, 0.6) is 0 Å². The largest absolute Gasteiger partial charge is 0.480 e. The summed E-state index contributed by atoms with van der Waals surface area (Å²) in [6, 6.07) is 15.2. The number of rotatable bonds is 8. The van der Waals surface area contributed by atoms with Crippen LogP contribution in [0.3, 0.4) is 0 Å². The predicted octanol–water partition coefficient (Wildman–Crippen LogP) is 4.68. The van der Waals surface area contributed by atoms with E-state index in [1.807, 2.05) is 56.3 Å². The minimum atomic E-state index is -1.07. The third-order valence-corrected chi connectivity index (χ3v) is 5.80. The maximum absolute atomic E-state index is 12.3. The van der Waals surface area contributed by atoms with Gasteiger partial charge in [0.05, 0.1) is 0 Å². The van der Waals surface area contributed by atoms with Crippen LogP contribution >= 0.6 is 11.8 Å². The van der Waals surface area contributed by atoms with Crippen LogP contribution in [-0.2, 0) is 9.53 Å². The van der Waals surface area contributed by atoms with Crippen LogP contribution in [0.25, 0.3) is 11.1 Å². The first kappa shape index (κ1) is 21.0. The number of aliphatic carboxylic acids is 1. The normalized spacial score (nSPS) is 13.2. The molecule has 152 valence electrons. The first-order valence-electron chi connectivity index (χ1n) is 9.52. The van der Waals surface area contributed by atoms with Gasteiger partial charge in [0.1, 0.15) is 12.6 Å². The summed E-state index contributed by atoms with van der Waals surface area (Å²) in [6.45, 7) is 4.14. The Hall–Kier alpha value is -2.73. The molecule has 0 aliphatic heterocycles. The van der Waals surface area contributed by atoms with Gasteiger partial charge in [-0.3, -0.25) is 0 Å². The monoisotopic (exact) mass is 411 g/mol. The Kier molecular flexibility index (Phi) is 6.99. The topological polar surface area (TPSA) is 75.6 Å². The molecule has 0 saturated carbocycles. The van der Waals surface area contributed by atoms with Crippen molar-refractivity contribution in [3.05, 3.63) is 71.3 Å². The Morgan fingerprint density at radius 2 is 1.69 bits per heavy atom. The number of hydrogen-bond donors (Lipinski definition) is 2. The van der Waals surface area contributed by atoms with Gasteiger partial charge in [0, 0.05) is 17.4 Å². The van der Waals surface area contributed by atoms with E-state index < -0.39 is 18.1 Å². The van der Waals surface area contributed by atoms with Crippen molar-refractivity contribution in [3.63, 3.8) is 0 Å². The fourth-order valence-electron chi connectivity index (χ4n) is 3.37. The standard InChI is InChI=1S/C23H25NO4S/c1-15(2)11-12-29-14-21(22(25)26)24-23(27)28-13-20-18-9-5-3-7-16(18)17-8-4-6-10-19(17)20/h3-11,20-21H,12-14H2,1-2H3,(H,24,27)(H,25,26). The molecule has 2 aromatic rings. The van der Waals surface area contributed by atoms with Crippen LogP contribution in [0.1, 0.15) is 30.9 Å². The summed E-state index contributed by atoms with van der Waals surface area (Å²) in [5.74, 6) is -0.131. The van der Waals surface area contributed by atoms with Gasteiger partial charge in [0.2, 0.25) is 0 Å². The Morgan fingerprint density at radius 1 is 1.10 bits per heavy atom. The Balaban J connectivity index is 1.60. The summed E-state index contributed by atoms with van der Waals surface area (Å²) in [4.78, 5) is 23.7. The molecule has 0 aromatic heterocycles. The Labute approximate surface area is 175 Å². The van der Waals surface area contributed by atoms with Gasteiger partial charge in [-0.15, -0.1) is 0 Å². The van der Waals surface area contributed by atoms with Crippen LogP contribution in [0, 0.1) is 0 Å². The molecule has 1 amide bonds. The van der Waals surface area contributed by atoms with Crippen molar-refractivity contribution in [2.75, 3.05) is 18.1 Å². The van der Waals surface area contributed by atoms with Gasteiger partial charge < -0.3 is 15.2 Å². The minimum absolute atomic E-state index is 0.0523. The number of carbonyl (C=O) groups excluding carboxylic acids is 1. The Morgan fingerprint density at radius 3 is 2.24 bits per heavy atom. The van der Waals surface area contributed by atoms with E-state index in [1.54, 1.807) is 0 Å². The number of thioether (sulfide) groups is 1. The number of hydrogen-bond acceptors (Lipinski definition) is 4. The molecule has 0 saturated heterocycles. The highest BCUT2D eigenvalue weighted by atomic mass is 32.2. The molecule has 0 fully saturated rings. The quantitative estimate of drug-likeness (QED) is 0.487. The molecular weight excluding hydrogens is 386 g/mol. The summed E-state index contributed by atoms with van der Waals surface area (Å²) < 4.78 is 5.43. The van der Waals surface area contributed by atoms with Crippen molar-refractivity contribution in [1.82, 2.24) is 5.32 Å². The molecule has 0 spiro atoms. The summed E-state index contributed by atoms with van der Waals surface area (Å²) in [5.41, 5.74) is 5.71. The van der Waals surface area contributed by atoms with Crippen LogP contribution < -0.4 is 5.32 Å². The molecule has 1 unspecified atom stereocenters. The summed E-state index contributed by atoms with van der Waals surface area (Å²) >= 11 is 1.46. The predicted molar refractivity (Wildman–Crippen MR) is 116 cm³/mol. The lowest BCUT2D eigenvalue weighted by molar-refractivity contribution is -0.138. The number of nitrogens with one attached hydrogen (secondary N) is 1. The molecule has 6 heteroatoms.